The van der Waals surface area contributed by atoms with E-state index in [9.17, 15) is 9.59 Å². The third-order valence-corrected chi connectivity index (χ3v) is 5.91. The Labute approximate surface area is 165 Å². The number of amides is 1. The second-order valence-corrected chi connectivity index (χ2v) is 7.79. The Kier molecular flexibility index (Phi) is 5.18. The average molecular weight is 378 g/mol. The number of Topliss-reactive ketones (excluding diaryl/α,β-unsaturated/α-hetero) is 1. The fourth-order valence-corrected chi connectivity index (χ4v) is 4.43. The average Bonchev–Trinajstić information content (AvgIpc) is 2.99. The van der Waals surface area contributed by atoms with Gasteiger partial charge in [0.15, 0.2) is 0 Å². The van der Waals surface area contributed by atoms with E-state index < -0.39 is 11.7 Å². The van der Waals surface area contributed by atoms with Gasteiger partial charge in [-0.3, -0.25) is 9.59 Å². The number of methoxy groups -OCH3 is 1. The molecule has 2 aromatic carbocycles. The van der Waals surface area contributed by atoms with E-state index in [1.54, 1.807) is 13.2 Å². The second kappa shape index (κ2) is 7.76. The maximum absolute atomic E-state index is 11.7. The van der Waals surface area contributed by atoms with Crippen molar-refractivity contribution in [3.8, 4) is 5.75 Å². The summed E-state index contributed by atoms with van der Waals surface area (Å²) in [7, 11) is 3.91. The van der Waals surface area contributed by atoms with Crippen molar-refractivity contribution < 1.29 is 14.3 Å². The van der Waals surface area contributed by atoms with Gasteiger partial charge in [-0.2, -0.15) is 0 Å². The lowest BCUT2D eigenvalue weighted by Crippen LogP contribution is -2.28. The normalized spacial score (nSPS) is 18.0. The Hall–Kier alpha value is -2.66. The molecule has 5 nitrogen and oxygen atoms in total. The summed E-state index contributed by atoms with van der Waals surface area (Å²) < 4.78 is 5.56. The Bertz CT molecular complexity index is 922. The lowest BCUT2D eigenvalue weighted by Gasteiger charge is -2.30. The summed E-state index contributed by atoms with van der Waals surface area (Å²) >= 11 is 0. The van der Waals surface area contributed by atoms with Crippen LogP contribution in [0.2, 0.25) is 0 Å². The third kappa shape index (κ3) is 3.54. The summed E-state index contributed by atoms with van der Waals surface area (Å²) in [5, 5.41) is 2.65. The fourth-order valence-electron chi connectivity index (χ4n) is 4.43. The number of hydrogen-bond acceptors (Lipinski definition) is 4. The minimum Gasteiger partial charge on any atom is -0.496 e. The van der Waals surface area contributed by atoms with Crippen molar-refractivity contribution in [1.82, 2.24) is 4.90 Å². The van der Waals surface area contributed by atoms with Crippen molar-refractivity contribution in [2.45, 2.75) is 31.6 Å². The Balaban J connectivity index is 1.39. The highest BCUT2D eigenvalue weighted by atomic mass is 16.5. The van der Waals surface area contributed by atoms with E-state index in [1.807, 2.05) is 12.1 Å². The summed E-state index contributed by atoms with van der Waals surface area (Å²) in [6.07, 6.45) is 4.38. The highest BCUT2D eigenvalue weighted by Crippen LogP contribution is 2.37. The van der Waals surface area contributed by atoms with E-state index in [2.05, 4.69) is 35.5 Å². The molecule has 1 heterocycles. The van der Waals surface area contributed by atoms with Gasteiger partial charge in [-0.1, -0.05) is 18.2 Å². The minimum atomic E-state index is -0.532. The molecule has 0 radical (unpaired) electrons. The number of hydrogen-bond donors (Lipinski definition) is 1. The number of nitrogens with zero attached hydrogens (tertiary/aromatic N) is 1. The summed E-state index contributed by atoms with van der Waals surface area (Å²) in [5.74, 6) is 0.570. The van der Waals surface area contributed by atoms with Gasteiger partial charge in [-0.25, -0.2) is 0 Å². The van der Waals surface area contributed by atoms with E-state index in [0.29, 0.717) is 17.2 Å². The molecule has 0 aromatic heterocycles. The van der Waals surface area contributed by atoms with Crippen LogP contribution in [0.4, 0.5) is 5.69 Å². The van der Waals surface area contributed by atoms with E-state index in [1.165, 1.54) is 24.0 Å². The molecule has 28 heavy (non-hydrogen) atoms. The number of ketones is 1. The van der Waals surface area contributed by atoms with Crippen LogP contribution in [-0.4, -0.2) is 43.8 Å². The fraction of sp³-hybridized carbons (Fsp3) is 0.391. The van der Waals surface area contributed by atoms with Crippen LogP contribution >= 0.6 is 0 Å². The van der Waals surface area contributed by atoms with Crippen LogP contribution in [0.25, 0.3) is 0 Å². The lowest BCUT2D eigenvalue weighted by molar-refractivity contribution is -0.112. The number of benzene rings is 2. The van der Waals surface area contributed by atoms with Gasteiger partial charge >= 0.3 is 0 Å². The molecule has 5 heteroatoms. The van der Waals surface area contributed by atoms with Gasteiger partial charge < -0.3 is 15.0 Å². The van der Waals surface area contributed by atoms with Crippen LogP contribution in [0.1, 0.15) is 45.8 Å². The Morgan fingerprint density at radius 2 is 2.07 bits per heavy atom. The molecule has 1 aliphatic carbocycles. The monoisotopic (exact) mass is 378 g/mol. The molecule has 1 N–H and O–H groups in total. The summed E-state index contributed by atoms with van der Waals surface area (Å²) in [4.78, 5) is 25.6. The highest BCUT2D eigenvalue weighted by Gasteiger charge is 2.28. The largest absolute Gasteiger partial charge is 0.496 e. The first-order valence-corrected chi connectivity index (χ1v) is 9.89. The first kappa shape index (κ1) is 18.7. The minimum absolute atomic E-state index is 0.440. The first-order valence-electron chi connectivity index (χ1n) is 9.89. The van der Waals surface area contributed by atoms with E-state index in [4.69, 9.17) is 4.74 Å². The van der Waals surface area contributed by atoms with Crippen molar-refractivity contribution in [2.24, 2.45) is 0 Å². The number of carbonyl (C=O) groups excluding carboxylic acids is 2. The quantitative estimate of drug-likeness (QED) is 0.783. The molecule has 0 bridgehead atoms. The number of carbonyl (C=O) groups is 2. The summed E-state index contributed by atoms with van der Waals surface area (Å²) in [6.45, 7) is 1.94. The first-order chi connectivity index (χ1) is 13.6. The molecule has 2 aliphatic rings. The van der Waals surface area contributed by atoms with Gasteiger partial charge in [0, 0.05) is 13.1 Å². The van der Waals surface area contributed by atoms with E-state index in [-0.39, 0.29) is 0 Å². The standard InChI is InChI=1S/C23H26N2O3/c1-25(12-11-15-9-10-19-20(13-15)24-23(27)22(19)26)14-16-5-3-7-18-17(16)6-4-8-21(18)28-2/h4,6,8-10,13,16H,3,5,7,11-12,14H2,1-2H3,(H,24,26,27). The van der Waals surface area contributed by atoms with Gasteiger partial charge in [-0.05, 0) is 73.5 Å². The maximum atomic E-state index is 11.7. The lowest BCUT2D eigenvalue weighted by atomic mass is 9.82. The van der Waals surface area contributed by atoms with Gasteiger partial charge in [0.1, 0.15) is 5.75 Å². The van der Waals surface area contributed by atoms with E-state index >= 15 is 0 Å². The Morgan fingerprint density at radius 1 is 1.21 bits per heavy atom. The van der Waals surface area contributed by atoms with E-state index in [0.717, 1.165) is 37.2 Å². The van der Waals surface area contributed by atoms with Crippen LogP contribution in [0.3, 0.4) is 0 Å². The van der Waals surface area contributed by atoms with Crippen LogP contribution in [0, 0.1) is 0 Å². The SMILES string of the molecule is COc1cccc2c1CCCC2CN(C)CCc1ccc2c(c1)NC(=O)C2=O. The van der Waals surface area contributed by atoms with Crippen LogP contribution < -0.4 is 10.1 Å². The van der Waals surface area contributed by atoms with Crippen LogP contribution in [-0.2, 0) is 17.6 Å². The number of ether oxygens (including phenoxy) is 1. The van der Waals surface area contributed by atoms with Gasteiger partial charge in [0.25, 0.3) is 11.7 Å². The highest BCUT2D eigenvalue weighted by molar-refractivity contribution is 6.51. The topological polar surface area (TPSA) is 58.6 Å². The molecule has 146 valence electrons. The molecule has 1 atom stereocenters. The second-order valence-electron chi connectivity index (χ2n) is 7.79. The zero-order chi connectivity index (χ0) is 19.7. The zero-order valence-corrected chi connectivity index (χ0v) is 16.5. The molecule has 4 rings (SSSR count). The van der Waals surface area contributed by atoms with Gasteiger partial charge in [0.05, 0.1) is 18.4 Å². The maximum Gasteiger partial charge on any atom is 0.296 e. The molecule has 1 unspecified atom stereocenters. The number of anilines is 1. The predicted octanol–water partition coefficient (Wildman–Crippen LogP) is 3.42. The predicted molar refractivity (Wildman–Crippen MR) is 109 cm³/mol. The van der Waals surface area contributed by atoms with Crippen molar-refractivity contribution in [1.29, 1.82) is 0 Å². The van der Waals surface area contributed by atoms with Crippen molar-refractivity contribution in [3.05, 3.63) is 58.7 Å². The molecule has 0 fully saturated rings. The van der Waals surface area contributed by atoms with Gasteiger partial charge in [0.2, 0.25) is 0 Å². The molecule has 0 saturated heterocycles. The number of fused-ring (bicyclic) bond motifs is 2. The van der Waals surface area contributed by atoms with Crippen LogP contribution in [0.5, 0.6) is 5.75 Å². The molecule has 0 saturated carbocycles. The van der Waals surface area contributed by atoms with Crippen molar-refractivity contribution in [3.63, 3.8) is 0 Å². The molecular formula is C23H26N2O3. The molecule has 1 amide bonds. The number of nitrogens with one attached hydrogen (secondary N) is 1. The number of rotatable bonds is 6. The van der Waals surface area contributed by atoms with Crippen LogP contribution in [0.15, 0.2) is 36.4 Å². The smallest absolute Gasteiger partial charge is 0.296 e. The third-order valence-electron chi connectivity index (χ3n) is 5.91. The summed E-state index contributed by atoms with van der Waals surface area (Å²) in [5.41, 5.74) is 5.05. The number of likely N-dealkylation sites (N-methyl/N-ethyl adjacent to an activating group) is 1. The van der Waals surface area contributed by atoms with Crippen molar-refractivity contribution >= 4 is 17.4 Å². The molecule has 0 spiro atoms. The Morgan fingerprint density at radius 3 is 2.89 bits per heavy atom. The molecule has 2 aromatic rings. The zero-order valence-electron chi connectivity index (χ0n) is 16.5. The van der Waals surface area contributed by atoms with Crippen molar-refractivity contribution in [2.75, 3.05) is 32.6 Å². The molecular weight excluding hydrogens is 352 g/mol. The molecule has 1 aliphatic heterocycles. The summed E-state index contributed by atoms with van der Waals surface area (Å²) in [6, 6.07) is 12.0. The van der Waals surface area contributed by atoms with Gasteiger partial charge in [-0.15, -0.1) is 0 Å².